The van der Waals surface area contributed by atoms with Gasteiger partial charge in [0, 0.05) is 7.05 Å². The Morgan fingerprint density at radius 3 is 1.84 bits per heavy atom. The molecule has 0 aliphatic rings. The van der Waals surface area contributed by atoms with Gasteiger partial charge in [-0.2, -0.15) is 18.3 Å². The number of rotatable bonds is 2. The smallest absolute Gasteiger partial charge is 0.315 e. The van der Waals surface area contributed by atoms with E-state index >= 15 is 0 Å². The number of hydrogen-bond acceptors (Lipinski definition) is 2. The fraction of sp³-hybridized carbons (Fsp3) is 0.167. The van der Waals surface area contributed by atoms with Crippen LogP contribution in [0.3, 0.4) is 0 Å². The van der Waals surface area contributed by atoms with Crippen LogP contribution in [0.1, 0.15) is 16.2 Å². The van der Waals surface area contributed by atoms with Crippen LogP contribution in [0.4, 0.5) is 40.8 Å². The van der Waals surface area contributed by atoms with Gasteiger partial charge in [0.1, 0.15) is 11.4 Å². The zero-order valence-electron chi connectivity index (χ0n) is 11.7. The molecule has 0 bridgehead atoms. The number of nitrogens with zero attached hydrogens (tertiary/aromatic N) is 2. The third-order valence-electron chi connectivity index (χ3n) is 2.92. The molecule has 0 saturated carbocycles. The molecule has 1 N–H and O–H groups in total. The molecule has 0 spiro atoms. The van der Waals surface area contributed by atoms with Crippen molar-refractivity contribution in [3.8, 4) is 0 Å². The predicted octanol–water partition coefficient (Wildman–Crippen LogP) is 4.15. The third kappa shape index (κ3) is 3.19. The zero-order valence-corrected chi connectivity index (χ0v) is 13.3. The van der Waals surface area contributed by atoms with Crippen molar-refractivity contribution in [2.45, 2.75) is 6.18 Å². The molecule has 1 amide bonds. The number of carbonyl (C=O) groups is 1. The van der Waals surface area contributed by atoms with E-state index in [2.05, 4.69) is 21.0 Å². The summed E-state index contributed by atoms with van der Waals surface area (Å²) in [4.78, 5) is 12.0. The summed E-state index contributed by atoms with van der Waals surface area (Å²) in [6.07, 6.45) is -4.96. The first-order valence-electron chi connectivity index (χ1n) is 6.00. The van der Waals surface area contributed by atoms with Crippen LogP contribution in [0.25, 0.3) is 0 Å². The van der Waals surface area contributed by atoms with Gasteiger partial charge in [-0.1, -0.05) is 0 Å². The number of benzene rings is 1. The molecule has 1 aromatic heterocycles. The second-order valence-electron chi connectivity index (χ2n) is 4.53. The molecule has 1 heterocycles. The Labute approximate surface area is 141 Å². The molecule has 0 aliphatic heterocycles. The molecule has 1 aromatic carbocycles. The summed E-state index contributed by atoms with van der Waals surface area (Å²) in [5.74, 6) is -13.4. The van der Waals surface area contributed by atoms with Crippen LogP contribution < -0.4 is 5.32 Å². The number of hydrogen-bond donors (Lipinski definition) is 1. The minimum atomic E-state index is -4.96. The van der Waals surface area contributed by atoms with Crippen molar-refractivity contribution in [3.63, 3.8) is 0 Å². The topological polar surface area (TPSA) is 46.9 Å². The number of alkyl halides is 3. The molecule has 2 rings (SSSR count). The highest BCUT2D eigenvalue weighted by molar-refractivity contribution is 9.10. The molecule has 0 radical (unpaired) electrons. The standard InChI is InChI=1S/C12H4BrF8N3O/c1-24-9(2(13)10(23-24)12(19,20)21)11(25)22-8-6(17)4(15)3(14)5(16)7(8)18/h1H3,(H,22,25). The lowest BCUT2D eigenvalue weighted by Gasteiger charge is -2.10. The minimum absolute atomic E-state index is 0.425. The zero-order chi connectivity index (χ0) is 19.3. The van der Waals surface area contributed by atoms with Gasteiger partial charge in [-0.05, 0) is 15.9 Å². The van der Waals surface area contributed by atoms with E-state index in [1.54, 1.807) is 0 Å². The van der Waals surface area contributed by atoms with Crippen molar-refractivity contribution in [2.24, 2.45) is 7.05 Å². The summed E-state index contributed by atoms with van der Waals surface area (Å²) >= 11 is 2.47. The van der Waals surface area contributed by atoms with Gasteiger partial charge in [0.2, 0.25) is 5.82 Å². The molecule has 4 nitrogen and oxygen atoms in total. The molecular weight excluding hydrogens is 434 g/mol. The van der Waals surface area contributed by atoms with Gasteiger partial charge < -0.3 is 5.32 Å². The van der Waals surface area contributed by atoms with Gasteiger partial charge in [0.25, 0.3) is 5.91 Å². The second kappa shape index (κ2) is 6.28. The summed E-state index contributed by atoms with van der Waals surface area (Å²) in [6.45, 7) is 0. The van der Waals surface area contributed by atoms with E-state index in [-0.39, 0.29) is 0 Å². The average Bonchev–Trinajstić information content (AvgIpc) is 2.82. The first kappa shape index (κ1) is 19.1. The van der Waals surface area contributed by atoms with Crippen LogP contribution in [-0.4, -0.2) is 15.7 Å². The third-order valence-corrected chi connectivity index (χ3v) is 3.67. The van der Waals surface area contributed by atoms with Gasteiger partial charge in [-0.15, -0.1) is 0 Å². The Hall–Kier alpha value is -2.18. The summed E-state index contributed by atoms with van der Waals surface area (Å²) in [5.41, 5.74) is -4.07. The van der Waals surface area contributed by atoms with Gasteiger partial charge in [-0.3, -0.25) is 9.48 Å². The van der Waals surface area contributed by atoms with Crippen molar-refractivity contribution in [1.29, 1.82) is 0 Å². The predicted molar refractivity (Wildman–Crippen MR) is 70.1 cm³/mol. The maximum atomic E-state index is 13.5. The Balaban J connectivity index is 2.51. The van der Waals surface area contributed by atoms with Crippen LogP contribution in [0, 0.1) is 29.1 Å². The van der Waals surface area contributed by atoms with Crippen molar-refractivity contribution in [1.82, 2.24) is 9.78 Å². The Kier molecular flexibility index (Phi) is 4.81. The molecule has 0 saturated heterocycles. The minimum Gasteiger partial charge on any atom is -0.315 e. The lowest BCUT2D eigenvalue weighted by Crippen LogP contribution is -2.20. The number of nitrogens with one attached hydrogen (secondary N) is 1. The van der Waals surface area contributed by atoms with E-state index in [0.717, 1.165) is 7.05 Å². The van der Waals surface area contributed by atoms with Crippen LogP contribution >= 0.6 is 15.9 Å². The second-order valence-corrected chi connectivity index (χ2v) is 5.32. The molecule has 136 valence electrons. The number of aromatic nitrogens is 2. The van der Waals surface area contributed by atoms with Crippen LogP contribution in [0.5, 0.6) is 0 Å². The van der Waals surface area contributed by atoms with E-state index in [0.29, 0.717) is 4.68 Å². The van der Waals surface area contributed by atoms with E-state index in [4.69, 9.17) is 0 Å². The largest absolute Gasteiger partial charge is 0.436 e. The van der Waals surface area contributed by atoms with Crippen molar-refractivity contribution in [2.75, 3.05) is 5.32 Å². The maximum absolute atomic E-state index is 13.5. The molecule has 13 heteroatoms. The Morgan fingerprint density at radius 2 is 1.44 bits per heavy atom. The summed E-state index contributed by atoms with van der Waals surface area (Å²) in [6, 6.07) is 0. The van der Waals surface area contributed by atoms with E-state index < -0.39 is 62.7 Å². The quantitative estimate of drug-likeness (QED) is 0.435. The van der Waals surface area contributed by atoms with E-state index in [1.807, 2.05) is 0 Å². The molecule has 25 heavy (non-hydrogen) atoms. The highest BCUT2D eigenvalue weighted by Gasteiger charge is 2.39. The lowest BCUT2D eigenvalue weighted by atomic mass is 10.2. The lowest BCUT2D eigenvalue weighted by molar-refractivity contribution is -0.142. The fourth-order valence-electron chi connectivity index (χ4n) is 1.81. The summed E-state index contributed by atoms with van der Waals surface area (Å²) < 4.78 is 104. The number of halogens is 9. The highest BCUT2D eigenvalue weighted by Crippen LogP contribution is 2.36. The first-order valence-corrected chi connectivity index (χ1v) is 6.79. The van der Waals surface area contributed by atoms with Crippen LogP contribution in [0.15, 0.2) is 4.47 Å². The van der Waals surface area contributed by atoms with Crippen molar-refractivity contribution < 1.29 is 39.9 Å². The van der Waals surface area contributed by atoms with Crippen molar-refractivity contribution >= 4 is 27.5 Å². The SMILES string of the molecule is Cn1nc(C(F)(F)F)c(Br)c1C(=O)Nc1c(F)c(F)c(F)c(F)c1F. The molecule has 0 unspecified atom stereocenters. The van der Waals surface area contributed by atoms with E-state index in [9.17, 15) is 39.9 Å². The highest BCUT2D eigenvalue weighted by atomic mass is 79.9. The number of aryl methyl sites for hydroxylation is 1. The number of carbonyl (C=O) groups excluding carboxylic acids is 1. The maximum Gasteiger partial charge on any atom is 0.436 e. The van der Waals surface area contributed by atoms with Gasteiger partial charge in [-0.25, -0.2) is 22.0 Å². The van der Waals surface area contributed by atoms with Crippen LogP contribution in [-0.2, 0) is 13.2 Å². The van der Waals surface area contributed by atoms with Gasteiger partial charge >= 0.3 is 6.18 Å². The monoisotopic (exact) mass is 437 g/mol. The molecule has 2 aromatic rings. The molecule has 0 atom stereocenters. The Bertz CT molecular complexity index is 847. The van der Waals surface area contributed by atoms with E-state index in [1.165, 1.54) is 5.32 Å². The first-order chi connectivity index (χ1) is 11.4. The summed E-state index contributed by atoms with van der Waals surface area (Å²) in [5, 5.41) is 4.38. The van der Waals surface area contributed by atoms with Crippen LogP contribution in [0.2, 0.25) is 0 Å². The average molecular weight is 438 g/mol. The fourth-order valence-corrected chi connectivity index (χ4v) is 2.55. The van der Waals surface area contributed by atoms with Gasteiger partial charge in [0.15, 0.2) is 29.0 Å². The molecule has 0 aliphatic carbocycles. The number of amides is 1. The van der Waals surface area contributed by atoms with Crippen molar-refractivity contribution in [3.05, 3.63) is 44.9 Å². The molecule has 0 fully saturated rings. The summed E-state index contributed by atoms with van der Waals surface area (Å²) in [7, 11) is 0.910. The number of anilines is 1. The molecular formula is C12H4BrF8N3O. The van der Waals surface area contributed by atoms with Gasteiger partial charge in [0.05, 0.1) is 4.47 Å². The Morgan fingerprint density at radius 1 is 1.00 bits per heavy atom. The normalized spacial score (nSPS) is 11.8.